The summed E-state index contributed by atoms with van der Waals surface area (Å²) in [6.07, 6.45) is 20.7. The zero-order valence-electron chi connectivity index (χ0n) is 24.9. The molecule has 2 amide bonds. The third-order valence-electron chi connectivity index (χ3n) is 7.23. The number of hydrogen-bond donors (Lipinski definition) is 3. The Morgan fingerprint density at radius 2 is 1.48 bits per heavy atom. The van der Waals surface area contributed by atoms with Crippen molar-refractivity contribution < 1.29 is 14.3 Å². The summed E-state index contributed by atoms with van der Waals surface area (Å²) in [5.41, 5.74) is 6.67. The smallest absolute Gasteiger partial charge is 0.337 e. The zero-order chi connectivity index (χ0) is 28.8. The van der Waals surface area contributed by atoms with Crippen molar-refractivity contribution in [3.05, 3.63) is 29.8 Å². The van der Waals surface area contributed by atoms with Crippen LogP contribution in [0.2, 0.25) is 0 Å². The van der Waals surface area contributed by atoms with E-state index in [1.165, 1.54) is 110 Å². The fraction of sp³-hybridized carbons (Fsp3) is 0.677. The number of aromatic nitrogens is 2. The largest absolute Gasteiger partial charge is 0.465 e. The van der Waals surface area contributed by atoms with Crippen LogP contribution in [0, 0.1) is 5.92 Å². The van der Waals surface area contributed by atoms with Crippen molar-refractivity contribution in [2.24, 2.45) is 5.92 Å². The predicted octanol–water partition coefficient (Wildman–Crippen LogP) is 8.52. The van der Waals surface area contributed by atoms with Gasteiger partial charge >= 0.3 is 12.0 Å². The topological polar surface area (TPSA) is 105 Å². The maximum absolute atomic E-state index is 12.5. The van der Waals surface area contributed by atoms with Gasteiger partial charge in [0, 0.05) is 23.6 Å². The first-order valence-corrected chi connectivity index (χ1v) is 16.2. The Labute approximate surface area is 245 Å². The lowest BCUT2D eigenvalue weighted by molar-refractivity contribution is 0.0600. The lowest BCUT2D eigenvalue weighted by atomic mass is 9.94. The quantitative estimate of drug-likeness (QED) is 0.0741. The van der Waals surface area contributed by atoms with Crippen LogP contribution in [-0.2, 0) is 4.74 Å². The minimum Gasteiger partial charge on any atom is -0.465 e. The number of hydrazine groups is 1. The molecule has 0 radical (unpaired) electrons. The Hall–Kier alpha value is -2.68. The summed E-state index contributed by atoms with van der Waals surface area (Å²) in [6, 6.07) is 6.69. The Bertz CT molecular complexity index is 968. The van der Waals surface area contributed by atoms with Gasteiger partial charge in [-0.3, -0.25) is 5.43 Å². The highest BCUT2D eigenvalue weighted by molar-refractivity contribution is 7.09. The lowest BCUT2D eigenvalue weighted by Gasteiger charge is -2.18. The third kappa shape index (κ3) is 14.1. The summed E-state index contributed by atoms with van der Waals surface area (Å²) >= 11 is 1.14. The molecule has 1 aromatic heterocycles. The molecule has 1 unspecified atom stereocenters. The van der Waals surface area contributed by atoms with Gasteiger partial charge in [-0.05, 0) is 30.9 Å². The Kier molecular flexibility index (Phi) is 17.7. The van der Waals surface area contributed by atoms with Crippen LogP contribution < -0.4 is 16.2 Å². The zero-order valence-corrected chi connectivity index (χ0v) is 25.8. The average Bonchev–Trinajstić information content (AvgIpc) is 3.46. The fourth-order valence-corrected chi connectivity index (χ4v) is 5.36. The fourth-order valence-electron chi connectivity index (χ4n) is 4.81. The van der Waals surface area contributed by atoms with Gasteiger partial charge in [-0.1, -0.05) is 116 Å². The van der Waals surface area contributed by atoms with E-state index in [9.17, 15) is 9.59 Å². The number of rotatable bonds is 22. The Morgan fingerprint density at radius 1 is 0.875 bits per heavy atom. The number of esters is 1. The number of amides is 2. The molecule has 0 saturated carbocycles. The van der Waals surface area contributed by atoms with E-state index in [0.29, 0.717) is 34.5 Å². The van der Waals surface area contributed by atoms with Gasteiger partial charge in [0.2, 0.25) is 5.13 Å². The first kappa shape index (κ1) is 33.5. The molecule has 9 heteroatoms. The van der Waals surface area contributed by atoms with Gasteiger partial charge < -0.3 is 10.1 Å². The standard InChI is InChI=1S/C31H51N5O3S/c1-4-6-8-10-12-13-15-17-20-25(19-16-14-11-9-7-5-2)24-32-30(38)34-35-31-33-28(36-40-31)26-21-18-22-27(23-26)29(37)39-3/h18,21-23,25H,4-17,19-20,24H2,1-3H3,(H2,32,34,38)(H,33,35,36). The molecular weight excluding hydrogens is 522 g/mol. The summed E-state index contributed by atoms with van der Waals surface area (Å²) in [4.78, 5) is 28.8. The second kappa shape index (κ2) is 21.1. The third-order valence-corrected chi connectivity index (χ3v) is 7.86. The van der Waals surface area contributed by atoms with Crippen molar-refractivity contribution >= 4 is 28.7 Å². The first-order valence-electron chi connectivity index (χ1n) is 15.4. The van der Waals surface area contributed by atoms with Gasteiger partial charge in [0.1, 0.15) is 0 Å². The molecule has 40 heavy (non-hydrogen) atoms. The molecule has 0 aliphatic rings. The molecule has 2 rings (SSSR count). The molecule has 2 aromatic rings. The number of ether oxygens (including phenoxy) is 1. The summed E-state index contributed by atoms with van der Waals surface area (Å²) in [6.45, 7) is 5.19. The van der Waals surface area contributed by atoms with Crippen molar-refractivity contribution in [1.29, 1.82) is 0 Å². The molecule has 0 spiro atoms. The molecule has 0 fully saturated rings. The maximum atomic E-state index is 12.5. The Morgan fingerprint density at radius 3 is 2.08 bits per heavy atom. The van der Waals surface area contributed by atoms with E-state index in [1.807, 2.05) is 6.07 Å². The van der Waals surface area contributed by atoms with Gasteiger partial charge in [0.25, 0.3) is 0 Å². The number of nitrogens with one attached hydrogen (secondary N) is 3. The molecule has 0 bridgehead atoms. The van der Waals surface area contributed by atoms with Crippen molar-refractivity contribution in [3.63, 3.8) is 0 Å². The number of anilines is 1. The van der Waals surface area contributed by atoms with E-state index in [-0.39, 0.29) is 6.03 Å². The van der Waals surface area contributed by atoms with Crippen LogP contribution in [-0.4, -0.2) is 35.0 Å². The van der Waals surface area contributed by atoms with Crippen LogP contribution in [0.25, 0.3) is 11.4 Å². The summed E-state index contributed by atoms with van der Waals surface area (Å²) in [5, 5.41) is 3.52. The van der Waals surface area contributed by atoms with Gasteiger partial charge in [-0.25, -0.2) is 15.0 Å². The summed E-state index contributed by atoms with van der Waals surface area (Å²) in [5.74, 6) is 0.572. The van der Waals surface area contributed by atoms with Crippen molar-refractivity contribution in [1.82, 2.24) is 20.1 Å². The number of carbonyl (C=O) groups is 2. The number of carbonyl (C=O) groups excluding carboxylic acids is 2. The number of benzene rings is 1. The molecule has 0 saturated heterocycles. The highest BCUT2D eigenvalue weighted by Gasteiger charge is 2.13. The number of hydrogen-bond acceptors (Lipinski definition) is 7. The monoisotopic (exact) mass is 573 g/mol. The SMILES string of the molecule is CCCCCCCCCCC(CCCCCCCC)CNC(=O)NNc1nc(-c2cccc(C(=O)OC)c2)ns1. The average molecular weight is 574 g/mol. The predicted molar refractivity (Wildman–Crippen MR) is 166 cm³/mol. The molecule has 0 aliphatic carbocycles. The minimum absolute atomic E-state index is 0.270. The van der Waals surface area contributed by atoms with Gasteiger partial charge in [-0.2, -0.15) is 9.36 Å². The number of methoxy groups -OCH3 is 1. The maximum Gasteiger partial charge on any atom is 0.337 e. The normalized spacial score (nSPS) is 11.7. The molecule has 1 heterocycles. The van der Waals surface area contributed by atoms with Crippen LogP contribution in [0.3, 0.4) is 0 Å². The van der Waals surface area contributed by atoms with E-state index in [0.717, 1.165) is 11.5 Å². The van der Waals surface area contributed by atoms with Gasteiger partial charge in [0.15, 0.2) is 5.82 Å². The summed E-state index contributed by atoms with van der Waals surface area (Å²) in [7, 11) is 1.35. The van der Waals surface area contributed by atoms with Crippen molar-refractivity contribution in [2.75, 3.05) is 19.1 Å². The second-order valence-corrected chi connectivity index (χ2v) is 11.4. The van der Waals surface area contributed by atoms with E-state index < -0.39 is 5.97 Å². The van der Waals surface area contributed by atoms with Crippen LogP contribution in [0.4, 0.5) is 9.93 Å². The van der Waals surface area contributed by atoms with E-state index in [2.05, 4.69) is 39.4 Å². The van der Waals surface area contributed by atoms with E-state index >= 15 is 0 Å². The first-order chi connectivity index (χ1) is 19.6. The van der Waals surface area contributed by atoms with Gasteiger partial charge in [0.05, 0.1) is 12.7 Å². The second-order valence-electron chi connectivity index (χ2n) is 10.6. The van der Waals surface area contributed by atoms with Crippen LogP contribution in [0.5, 0.6) is 0 Å². The van der Waals surface area contributed by atoms with Crippen molar-refractivity contribution in [3.8, 4) is 11.4 Å². The summed E-state index contributed by atoms with van der Waals surface area (Å²) < 4.78 is 9.12. The van der Waals surface area contributed by atoms with Crippen LogP contribution in [0.1, 0.15) is 127 Å². The van der Waals surface area contributed by atoms with E-state index in [4.69, 9.17) is 4.74 Å². The number of urea groups is 1. The number of nitrogens with zero attached hydrogens (tertiary/aromatic N) is 2. The highest BCUT2D eigenvalue weighted by Crippen LogP contribution is 2.22. The molecule has 3 N–H and O–H groups in total. The Balaban J connectivity index is 1.75. The van der Waals surface area contributed by atoms with Crippen LogP contribution in [0.15, 0.2) is 24.3 Å². The molecule has 8 nitrogen and oxygen atoms in total. The molecular formula is C31H51N5O3S. The molecule has 1 aromatic carbocycles. The number of unbranched alkanes of at least 4 members (excludes halogenated alkanes) is 12. The highest BCUT2D eigenvalue weighted by atomic mass is 32.1. The molecule has 0 aliphatic heterocycles. The van der Waals surface area contributed by atoms with Crippen LogP contribution >= 0.6 is 11.5 Å². The van der Waals surface area contributed by atoms with Crippen molar-refractivity contribution in [2.45, 2.75) is 117 Å². The van der Waals surface area contributed by atoms with E-state index in [1.54, 1.807) is 18.2 Å². The molecule has 224 valence electrons. The minimum atomic E-state index is -0.411. The van der Waals surface area contributed by atoms with Gasteiger partial charge in [-0.15, -0.1) is 0 Å². The lowest BCUT2D eigenvalue weighted by Crippen LogP contribution is -2.41. The molecule has 1 atom stereocenters.